The first-order valence-electron chi connectivity index (χ1n) is 4.51. The molecule has 0 bridgehead atoms. The third kappa shape index (κ3) is 1.93. The van der Waals surface area contributed by atoms with Gasteiger partial charge in [-0.2, -0.15) is 0 Å². The van der Waals surface area contributed by atoms with Gasteiger partial charge in [0.25, 0.3) is 0 Å². The smallest absolute Gasteiger partial charge is 0.184 e. The largest absolute Gasteiger partial charge is 0.292 e. The van der Waals surface area contributed by atoms with Crippen LogP contribution in [0.1, 0.15) is 27.9 Å². The van der Waals surface area contributed by atoms with Crippen molar-refractivity contribution < 1.29 is 8.91 Å². The summed E-state index contributed by atoms with van der Waals surface area (Å²) in [6, 6.07) is 1.24. The molecule has 0 saturated heterocycles. The van der Waals surface area contributed by atoms with Crippen LogP contribution in [0, 0.1) is 0 Å². The highest BCUT2D eigenvalue weighted by Crippen LogP contribution is 2.17. The molecule has 0 aliphatic heterocycles. The SMILES string of the molecule is [2H]C([2H])([2H])CC(=O)c1nnc(Cl)cc1Cl. The lowest BCUT2D eigenvalue weighted by molar-refractivity contribution is 0.0982. The first kappa shape index (κ1) is 5.89. The Morgan fingerprint density at radius 1 is 1.67 bits per heavy atom. The average molecular weight is 208 g/mol. The predicted molar refractivity (Wildman–Crippen MR) is 46.7 cm³/mol. The fourth-order valence-electron chi connectivity index (χ4n) is 0.620. The van der Waals surface area contributed by atoms with Crippen molar-refractivity contribution in [1.29, 1.82) is 0 Å². The van der Waals surface area contributed by atoms with Gasteiger partial charge in [0, 0.05) is 10.5 Å². The molecule has 0 amide bonds. The standard InChI is InChI=1S/C7H6Cl2N2O/c1-2-5(12)7-4(8)3-6(9)10-11-7/h3H,2H2,1H3/i1D3. The highest BCUT2D eigenvalue weighted by atomic mass is 35.5. The van der Waals surface area contributed by atoms with Gasteiger partial charge in [0.05, 0.1) is 5.02 Å². The van der Waals surface area contributed by atoms with Crippen molar-refractivity contribution >= 4 is 29.0 Å². The van der Waals surface area contributed by atoms with Gasteiger partial charge in [-0.3, -0.25) is 4.79 Å². The van der Waals surface area contributed by atoms with E-state index in [0.29, 0.717) is 0 Å². The van der Waals surface area contributed by atoms with Crippen LogP contribution in [-0.4, -0.2) is 16.0 Å². The third-order valence-electron chi connectivity index (χ3n) is 1.14. The molecule has 0 aliphatic rings. The quantitative estimate of drug-likeness (QED) is 0.700. The zero-order valence-corrected chi connectivity index (χ0v) is 7.35. The van der Waals surface area contributed by atoms with Gasteiger partial charge < -0.3 is 0 Å². The second kappa shape index (κ2) is 3.83. The van der Waals surface area contributed by atoms with E-state index in [-0.39, 0.29) is 15.9 Å². The molecule has 3 nitrogen and oxygen atoms in total. The topological polar surface area (TPSA) is 42.9 Å². The van der Waals surface area contributed by atoms with E-state index in [2.05, 4.69) is 10.2 Å². The number of hydrogen-bond donors (Lipinski definition) is 0. The van der Waals surface area contributed by atoms with Crippen LogP contribution in [0.3, 0.4) is 0 Å². The molecule has 64 valence electrons. The molecule has 0 radical (unpaired) electrons. The Kier molecular flexibility index (Phi) is 1.88. The van der Waals surface area contributed by atoms with Crippen molar-refractivity contribution in [2.45, 2.75) is 13.3 Å². The summed E-state index contributed by atoms with van der Waals surface area (Å²) in [7, 11) is 0. The van der Waals surface area contributed by atoms with Crippen molar-refractivity contribution in [2.75, 3.05) is 0 Å². The van der Waals surface area contributed by atoms with Crippen LogP contribution in [0.15, 0.2) is 6.07 Å². The Labute approximate surface area is 83.9 Å². The molecule has 1 heterocycles. The summed E-state index contributed by atoms with van der Waals surface area (Å²) < 4.78 is 20.8. The number of Topliss-reactive ketones (excluding diaryl/α,β-unsaturated/α-hetero) is 1. The molecule has 1 aromatic heterocycles. The first-order valence-corrected chi connectivity index (χ1v) is 3.77. The summed E-state index contributed by atoms with van der Waals surface area (Å²) in [5.41, 5.74) is -0.169. The molecule has 0 saturated carbocycles. The molecule has 1 rings (SSSR count). The molecule has 0 spiro atoms. The number of halogens is 2. The van der Waals surface area contributed by atoms with E-state index < -0.39 is 19.1 Å². The lowest BCUT2D eigenvalue weighted by Gasteiger charge is -1.98. The Morgan fingerprint density at radius 2 is 2.42 bits per heavy atom. The van der Waals surface area contributed by atoms with Gasteiger partial charge in [-0.05, 0) is 6.07 Å². The minimum atomic E-state index is -2.35. The maximum Gasteiger partial charge on any atom is 0.184 e. The van der Waals surface area contributed by atoms with Gasteiger partial charge in [-0.1, -0.05) is 30.1 Å². The summed E-state index contributed by atoms with van der Waals surface area (Å²) in [6.07, 6.45) is -0.622. The molecule has 0 fully saturated rings. The van der Waals surface area contributed by atoms with Crippen LogP contribution in [0.2, 0.25) is 10.2 Å². The molecule has 0 unspecified atom stereocenters. The van der Waals surface area contributed by atoms with Gasteiger partial charge >= 0.3 is 0 Å². The minimum absolute atomic E-state index is 0.00394. The van der Waals surface area contributed by atoms with E-state index >= 15 is 0 Å². The number of hydrogen-bond acceptors (Lipinski definition) is 3. The Morgan fingerprint density at radius 3 is 3.00 bits per heavy atom. The van der Waals surface area contributed by atoms with Gasteiger partial charge in [0.15, 0.2) is 10.9 Å². The van der Waals surface area contributed by atoms with Crippen molar-refractivity contribution in [3.63, 3.8) is 0 Å². The summed E-state index contributed by atoms with van der Waals surface area (Å²) >= 11 is 11.1. The van der Waals surface area contributed by atoms with E-state index in [1.807, 2.05) is 0 Å². The number of ketones is 1. The first-order chi connectivity index (χ1) is 6.79. The van der Waals surface area contributed by atoms with Crippen LogP contribution in [0.5, 0.6) is 0 Å². The van der Waals surface area contributed by atoms with Crippen molar-refractivity contribution in [2.24, 2.45) is 0 Å². The zero-order chi connectivity index (χ0) is 11.6. The van der Waals surface area contributed by atoms with Gasteiger partial charge in [-0.15, -0.1) is 10.2 Å². The van der Waals surface area contributed by atoms with Crippen LogP contribution in [0.25, 0.3) is 0 Å². The van der Waals surface area contributed by atoms with Crippen LogP contribution >= 0.6 is 23.2 Å². The number of nitrogens with zero attached hydrogens (tertiary/aromatic N) is 2. The molecule has 0 aliphatic carbocycles. The lowest BCUT2D eigenvalue weighted by Crippen LogP contribution is -2.02. The second-order valence-corrected chi connectivity index (χ2v) is 2.76. The number of carbonyl (C=O) groups excluding carboxylic acids is 1. The summed E-state index contributed by atoms with van der Waals surface area (Å²) in [5, 5.41) is 6.92. The van der Waals surface area contributed by atoms with Gasteiger partial charge in [-0.25, -0.2) is 0 Å². The number of carbonyl (C=O) groups is 1. The van der Waals surface area contributed by atoms with Crippen molar-refractivity contribution in [1.82, 2.24) is 10.2 Å². The number of aromatic nitrogens is 2. The molecule has 0 aromatic carbocycles. The van der Waals surface area contributed by atoms with E-state index in [4.69, 9.17) is 27.3 Å². The second-order valence-electron chi connectivity index (χ2n) is 1.96. The van der Waals surface area contributed by atoms with Crippen molar-refractivity contribution in [3.05, 3.63) is 21.9 Å². The monoisotopic (exact) mass is 207 g/mol. The molecular weight excluding hydrogens is 199 g/mol. The molecule has 12 heavy (non-hydrogen) atoms. The third-order valence-corrected chi connectivity index (χ3v) is 1.62. The average Bonchev–Trinajstić information content (AvgIpc) is 1.99. The van der Waals surface area contributed by atoms with E-state index in [0.717, 1.165) is 0 Å². The Balaban J connectivity index is 2.92. The number of rotatable bonds is 2. The van der Waals surface area contributed by atoms with E-state index in [1.54, 1.807) is 0 Å². The fourth-order valence-corrected chi connectivity index (χ4v) is 1.07. The van der Waals surface area contributed by atoms with E-state index in [9.17, 15) is 4.79 Å². The highest BCUT2D eigenvalue weighted by Gasteiger charge is 2.10. The van der Waals surface area contributed by atoms with Gasteiger partial charge in [0.1, 0.15) is 5.69 Å². The summed E-state index contributed by atoms with van der Waals surface area (Å²) in [6.45, 7) is -2.35. The normalized spacial score (nSPS) is 14.7. The maximum atomic E-state index is 11.4. The van der Waals surface area contributed by atoms with Crippen LogP contribution in [0.4, 0.5) is 0 Å². The van der Waals surface area contributed by atoms with Gasteiger partial charge in [0.2, 0.25) is 0 Å². The molecule has 0 N–H and O–H groups in total. The lowest BCUT2D eigenvalue weighted by atomic mass is 10.2. The summed E-state index contributed by atoms with van der Waals surface area (Å²) in [4.78, 5) is 11.4. The minimum Gasteiger partial charge on any atom is -0.292 e. The van der Waals surface area contributed by atoms with Crippen LogP contribution < -0.4 is 0 Å². The zero-order valence-electron chi connectivity index (χ0n) is 8.84. The maximum absolute atomic E-state index is 11.4. The predicted octanol–water partition coefficient (Wildman–Crippen LogP) is 2.38. The van der Waals surface area contributed by atoms with Crippen LogP contribution in [-0.2, 0) is 0 Å². The molecule has 0 atom stereocenters. The fraction of sp³-hybridized carbons (Fsp3) is 0.286. The summed E-state index contributed by atoms with van der Waals surface area (Å²) in [5.74, 6) is -0.677. The van der Waals surface area contributed by atoms with Crippen molar-refractivity contribution in [3.8, 4) is 0 Å². The Bertz CT molecular complexity index is 394. The molecular formula is C7H6Cl2N2O. The molecule has 1 aromatic rings. The highest BCUT2D eigenvalue weighted by molar-refractivity contribution is 6.35. The van der Waals surface area contributed by atoms with E-state index in [1.165, 1.54) is 6.07 Å². The Hall–Kier alpha value is -0.670. The molecule has 5 heteroatoms.